The number of nitrogens with zero attached hydrogens (tertiary/aromatic N) is 1. The average molecular weight is 417 g/mol. The van der Waals surface area contributed by atoms with Crippen molar-refractivity contribution in [1.82, 2.24) is 5.06 Å². The van der Waals surface area contributed by atoms with Crippen LogP contribution in [0.2, 0.25) is 0 Å². The van der Waals surface area contributed by atoms with Crippen molar-refractivity contribution in [2.75, 3.05) is 26.5 Å². The molecule has 4 rings (SSSR count). The number of halogens is 1. The molecule has 1 saturated heterocycles. The number of hydrogen-bond donors (Lipinski definition) is 1. The van der Waals surface area contributed by atoms with E-state index in [4.69, 9.17) is 19.0 Å². The second-order valence-electron chi connectivity index (χ2n) is 7.51. The summed E-state index contributed by atoms with van der Waals surface area (Å²) >= 11 is 0. The van der Waals surface area contributed by atoms with Crippen molar-refractivity contribution in [1.29, 1.82) is 0 Å². The van der Waals surface area contributed by atoms with Crippen LogP contribution in [-0.4, -0.2) is 48.7 Å². The Hall–Kier alpha value is -2.84. The molecule has 2 aromatic rings. The smallest absolute Gasteiger partial charge is 0.353 e. The molecule has 0 saturated carbocycles. The zero-order valence-electron chi connectivity index (χ0n) is 16.6. The summed E-state index contributed by atoms with van der Waals surface area (Å²) in [5, 5.41) is 11.0. The van der Waals surface area contributed by atoms with E-state index in [1.54, 1.807) is 29.3 Å². The number of ether oxygens (including phenoxy) is 3. The number of piperidine rings is 1. The summed E-state index contributed by atoms with van der Waals surface area (Å²) in [5.41, 5.74) is 1.01. The van der Waals surface area contributed by atoms with E-state index in [0.717, 1.165) is 5.56 Å². The Morgan fingerprint density at radius 2 is 2.00 bits per heavy atom. The average Bonchev–Trinajstić information content (AvgIpc) is 3.21. The number of hydrogen-bond acceptors (Lipinski definition) is 7. The van der Waals surface area contributed by atoms with E-state index >= 15 is 0 Å². The van der Waals surface area contributed by atoms with Crippen molar-refractivity contribution in [2.45, 2.75) is 25.4 Å². The molecule has 7 nitrogen and oxygen atoms in total. The monoisotopic (exact) mass is 417 g/mol. The highest BCUT2D eigenvalue weighted by Crippen LogP contribution is 2.37. The van der Waals surface area contributed by atoms with Crippen molar-refractivity contribution >= 4 is 5.97 Å². The van der Waals surface area contributed by atoms with Gasteiger partial charge in [0, 0.05) is 25.1 Å². The predicted octanol–water partition coefficient (Wildman–Crippen LogP) is 2.88. The molecule has 2 unspecified atom stereocenters. The van der Waals surface area contributed by atoms with E-state index in [1.165, 1.54) is 19.1 Å². The quantitative estimate of drug-likeness (QED) is 0.774. The largest absolute Gasteiger partial charge is 0.493 e. The second-order valence-corrected chi connectivity index (χ2v) is 7.51. The molecule has 0 radical (unpaired) electrons. The van der Waals surface area contributed by atoms with Gasteiger partial charge in [-0.15, -0.1) is 5.06 Å². The molecule has 1 N–H and O–H groups in total. The van der Waals surface area contributed by atoms with Crippen LogP contribution in [0.3, 0.4) is 0 Å². The molecule has 0 bridgehead atoms. The van der Waals surface area contributed by atoms with E-state index in [2.05, 4.69) is 0 Å². The number of rotatable bonds is 6. The Bertz CT molecular complexity index is 888. The Labute approximate surface area is 173 Å². The fraction of sp³-hybridized carbons (Fsp3) is 0.409. The standard InChI is InChI=1S/C22H24FNO6/c1-14(25)22(26)30-24-9-8-19(15-2-4-17(23)5-3-15)16(11-24)12-27-18-6-7-20-21(10-18)29-13-28-20/h2-7,10,14,16,19,25H,8-9,11-13H2,1H3/t14-,16?,19?/m1/s1. The van der Waals surface area contributed by atoms with Crippen LogP contribution in [0.4, 0.5) is 4.39 Å². The maximum Gasteiger partial charge on any atom is 0.353 e. The van der Waals surface area contributed by atoms with Gasteiger partial charge >= 0.3 is 5.97 Å². The van der Waals surface area contributed by atoms with Gasteiger partial charge < -0.3 is 24.2 Å². The summed E-state index contributed by atoms with van der Waals surface area (Å²) in [7, 11) is 0. The number of carbonyl (C=O) groups excluding carboxylic acids is 1. The zero-order chi connectivity index (χ0) is 21.1. The van der Waals surface area contributed by atoms with Crippen LogP contribution in [0.5, 0.6) is 17.2 Å². The molecule has 0 aliphatic carbocycles. The van der Waals surface area contributed by atoms with Crippen LogP contribution in [0, 0.1) is 11.7 Å². The maximum atomic E-state index is 13.4. The third-order valence-corrected chi connectivity index (χ3v) is 5.36. The molecular weight excluding hydrogens is 393 g/mol. The minimum absolute atomic E-state index is 0.0172. The number of hydroxylamine groups is 2. The Morgan fingerprint density at radius 3 is 2.77 bits per heavy atom. The van der Waals surface area contributed by atoms with E-state index in [9.17, 15) is 14.3 Å². The van der Waals surface area contributed by atoms with Crippen LogP contribution >= 0.6 is 0 Å². The van der Waals surface area contributed by atoms with Gasteiger partial charge in [0.1, 0.15) is 11.6 Å². The lowest BCUT2D eigenvalue weighted by atomic mass is 9.81. The molecule has 2 aliphatic heterocycles. The van der Waals surface area contributed by atoms with Crippen molar-refractivity contribution in [3.63, 3.8) is 0 Å². The summed E-state index contributed by atoms with van der Waals surface area (Å²) in [6.07, 6.45) is -0.489. The molecule has 30 heavy (non-hydrogen) atoms. The summed E-state index contributed by atoms with van der Waals surface area (Å²) in [5.74, 6) is 1.09. The highest BCUT2D eigenvalue weighted by Gasteiger charge is 2.33. The summed E-state index contributed by atoms with van der Waals surface area (Å²) in [4.78, 5) is 17.1. The fourth-order valence-corrected chi connectivity index (χ4v) is 3.77. The normalized spacial score (nSPS) is 21.8. The third-order valence-electron chi connectivity index (χ3n) is 5.36. The lowest BCUT2D eigenvalue weighted by Gasteiger charge is -2.37. The fourth-order valence-electron chi connectivity index (χ4n) is 3.77. The molecule has 0 spiro atoms. The summed E-state index contributed by atoms with van der Waals surface area (Å²) < 4.78 is 30.1. The van der Waals surface area contributed by atoms with Crippen molar-refractivity contribution in [3.05, 3.63) is 53.8 Å². The van der Waals surface area contributed by atoms with Crippen LogP contribution in [0.1, 0.15) is 24.8 Å². The van der Waals surface area contributed by atoms with Gasteiger partial charge in [-0.25, -0.2) is 9.18 Å². The number of carbonyl (C=O) groups is 1. The Kier molecular flexibility index (Phi) is 6.06. The molecule has 2 heterocycles. The number of benzene rings is 2. The highest BCUT2D eigenvalue weighted by molar-refractivity contribution is 5.73. The summed E-state index contributed by atoms with van der Waals surface area (Å²) in [6, 6.07) is 11.9. The van der Waals surface area contributed by atoms with Gasteiger partial charge in [-0.3, -0.25) is 0 Å². The predicted molar refractivity (Wildman–Crippen MR) is 105 cm³/mol. The lowest BCUT2D eigenvalue weighted by molar-refractivity contribution is -0.208. The van der Waals surface area contributed by atoms with E-state index in [1.807, 2.05) is 6.07 Å². The van der Waals surface area contributed by atoms with E-state index < -0.39 is 12.1 Å². The molecule has 2 aliphatic rings. The first-order valence-electron chi connectivity index (χ1n) is 9.92. The SMILES string of the molecule is C[C@@H](O)C(=O)ON1CCC(c2ccc(F)cc2)C(COc2ccc3c(c2)OCO3)C1. The van der Waals surface area contributed by atoms with Crippen LogP contribution in [0.15, 0.2) is 42.5 Å². The van der Waals surface area contributed by atoms with Crippen molar-refractivity contribution < 1.29 is 33.3 Å². The molecule has 160 valence electrons. The van der Waals surface area contributed by atoms with Crippen LogP contribution < -0.4 is 14.2 Å². The van der Waals surface area contributed by atoms with Crippen molar-refractivity contribution in [3.8, 4) is 17.2 Å². The van der Waals surface area contributed by atoms with Gasteiger partial charge in [-0.1, -0.05) is 12.1 Å². The van der Waals surface area contributed by atoms with Gasteiger partial charge in [-0.2, -0.15) is 0 Å². The Balaban J connectivity index is 1.47. The molecule has 0 aromatic heterocycles. The minimum Gasteiger partial charge on any atom is -0.493 e. The highest BCUT2D eigenvalue weighted by atomic mass is 19.1. The molecule has 8 heteroatoms. The lowest BCUT2D eigenvalue weighted by Crippen LogP contribution is -2.44. The van der Waals surface area contributed by atoms with Gasteiger partial charge in [0.15, 0.2) is 17.6 Å². The van der Waals surface area contributed by atoms with Gasteiger partial charge in [0.05, 0.1) is 6.61 Å². The summed E-state index contributed by atoms with van der Waals surface area (Å²) in [6.45, 7) is 2.88. The number of aliphatic hydroxyl groups is 1. The third kappa shape index (κ3) is 4.66. The number of fused-ring (bicyclic) bond motifs is 1. The molecule has 2 aromatic carbocycles. The molecule has 1 fully saturated rings. The topological polar surface area (TPSA) is 77.5 Å². The number of aliphatic hydroxyl groups excluding tert-OH is 1. The molecule has 0 amide bonds. The second kappa shape index (κ2) is 8.89. The van der Waals surface area contributed by atoms with Crippen LogP contribution in [-0.2, 0) is 9.63 Å². The first-order valence-corrected chi connectivity index (χ1v) is 9.92. The first-order chi connectivity index (χ1) is 14.5. The first kappa shape index (κ1) is 20.4. The van der Waals surface area contributed by atoms with Gasteiger partial charge in [0.2, 0.25) is 6.79 Å². The van der Waals surface area contributed by atoms with Gasteiger partial charge in [-0.05, 0) is 49.1 Å². The molecule has 3 atom stereocenters. The van der Waals surface area contributed by atoms with Crippen molar-refractivity contribution in [2.24, 2.45) is 5.92 Å². The Morgan fingerprint density at radius 1 is 1.23 bits per heavy atom. The zero-order valence-corrected chi connectivity index (χ0v) is 16.6. The van der Waals surface area contributed by atoms with Gasteiger partial charge in [0.25, 0.3) is 0 Å². The van der Waals surface area contributed by atoms with E-state index in [0.29, 0.717) is 43.4 Å². The van der Waals surface area contributed by atoms with E-state index in [-0.39, 0.29) is 24.4 Å². The minimum atomic E-state index is -1.19. The van der Waals surface area contributed by atoms with Crippen LogP contribution in [0.25, 0.3) is 0 Å². The maximum absolute atomic E-state index is 13.4. The molecular formula is C22H24FNO6.